The van der Waals surface area contributed by atoms with Gasteiger partial charge in [-0.05, 0) is 12.3 Å². The van der Waals surface area contributed by atoms with E-state index in [1.165, 1.54) is 5.56 Å². The highest BCUT2D eigenvalue weighted by molar-refractivity contribution is 5.92. The van der Waals surface area contributed by atoms with Gasteiger partial charge in [-0.2, -0.15) is 5.10 Å². The van der Waals surface area contributed by atoms with Gasteiger partial charge in [0.2, 0.25) is 0 Å². The number of imidazole rings is 1. The molecule has 0 spiro atoms. The summed E-state index contributed by atoms with van der Waals surface area (Å²) in [7, 11) is 0. The smallest absolute Gasteiger partial charge is 0.272 e. The number of amides is 1. The molecule has 1 atom stereocenters. The normalized spacial score (nSPS) is 21.7. The van der Waals surface area contributed by atoms with E-state index in [-0.39, 0.29) is 5.91 Å². The third-order valence-corrected chi connectivity index (χ3v) is 5.15. The van der Waals surface area contributed by atoms with Gasteiger partial charge in [0, 0.05) is 57.4 Å². The minimum Gasteiger partial charge on any atom is -0.335 e. The highest BCUT2D eigenvalue weighted by Gasteiger charge is 2.27. The number of aromatic nitrogens is 4. The largest absolute Gasteiger partial charge is 0.335 e. The summed E-state index contributed by atoms with van der Waals surface area (Å²) in [4.78, 5) is 21.7. The van der Waals surface area contributed by atoms with Crippen molar-refractivity contribution in [1.82, 2.24) is 29.5 Å². The van der Waals surface area contributed by atoms with Crippen LogP contribution in [-0.2, 0) is 19.5 Å². The molecule has 128 valence electrons. The summed E-state index contributed by atoms with van der Waals surface area (Å²) in [5, 5.41) is 6.83. The summed E-state index contributed by atoms with van der Waals surface area (Å²) in [6.45, 7) is 7.39. The number of nitrogens with zero attached hydrogens (tertiary/aromatic N) is 5. The van der Waals surface area contributed by atoms with Gasteiger partial charge < -0.3 is 9.47 Å². The SMILES string of the molecule is CC1CCn2c(C(=O)N3CCN(Cc4cn[nH]c4)CC3)cnc2C1. The maximum atomic E-state index is 12.9. The summed E-state index contributed by atoms with van der Waals surface area (Å²) in [5.41, 5.74) is 1.95. The molecule has 1 N–H and O–H groups in total. The minimum absolute atomic E-state index is 0.131. The lowest BCUT2D eigenvalue weighted by Crippen LogP contribution is -2.48. The van der Waals surface area contributed by atoms with Crippen LogP contribution in [0.1, 0.15) is 35.2 Å². The zero-order valence-corrected chi connectivity index (χ0v) is 14.1. The molecule has 1 unspecified atom stereocenters. The summed E-state index contributed by atoms with van der Waals surface area (Å²) < 4.78 is 2.13. The Morgan fingerprint density at radius 3 is 2.83 bits per heavy atom. The van der Waals surface area contributed by atoms with Crippen LogP contribution in [0.5, 0.6) is 0 Å². The Kier molecular flexibility index (Phi) is 4.10. The highest BCUT2D eigenvalue weighted by atomic mass is 16.2. The van der Waals surface area contributed by atoms with E-state index in [2.05, 4.69) is 31.6 Å². The number of aromatic amines is 1. The molecule has 2 aromatic rings. The van der Waals surface area contributed by atoms with Gasteiger partial charge in [0.15, 0.2) is 0 Å². The van der Waals surface area contributed by atoms with Crippen LogP contribution in [0, 0.1) is 5.92 Å². The first-order chi connectivity index (χ1) is 11.7. The van der Waals surface area contributed by atoms with E-state index in [1.54, 1.807) is 6.20 Å². The van der Waals surface area contributed by atoms with Crippen LogP contribution >= 0.6 is 0 Å². The van der Waals surface area contributed by atoms with Crippen molar-refractivity contribution in [2.75, 3.05) is 26.2 Å². The van der Waals surface area contributed by atoms with E-state index >= 15 is 0 Å². The average Bonchev–Trinajstić information content (AvgIpc) is 3.24. The molecule has 1 amide bonds. The van der Waals surface area contributed by atoms with Crippen molar-refractivity contribution in [2.24, 2.45) is 5.92 Å². The third-order valence-electron chi connectivity index (χ3n) is 5.15. The second-order valence-electron chi connectivity index (χ2n) is 6.98. The van der Waals surface area contributed by atoms with Gasteiger partial charge in [-0.3, -0.25) is 14.8 Å². The number of nitrogens with one attached hydrogen (secondary N) is 1. The maximum absolute atomic E-state index is 12.9. The van der Waals surface area contributed by atoms with E-state index in [9.17, 15) is 4.79 Å². The van der Waals surface area contributed by atoms with E-state index in [0.717, 1.165) is 63.6 Å². The van der Waals surface area contributed by atoms with E-state index < -0.39 is 0 Å². The van der Waals surface area contributed by atoms with Crippen LogP contribution in [0.15, 0.2) is 18.6 Å². The van der Waals surface area contributed by atoms with Crippen LogP contribution in [0.3, 0.4) is 0 Å². The lowest BCUT2D eigenvalue weighted by molar-refractivity contribution is 0.0616. The minimum atomic E-state index is 0.131. The first kappa shape index (κ1) is 15.4. The standard InChI is InChI=1S/C17H24N6O/c1-13-2-3-23-15(11-18-16(23)8-13)17(24)22-6-4-21(5-7-22)12-14-9-19-20-10-14/h9-11,13H,2-8,12H2,1H3,(H,19,20). The fourth-order valence-electron chi connectivity index (χ4n) is 3.65. The van der Waals surface area contributed by atoms with Crippen molar-refractivity contribution in [2.45, 2.75) is 32.9 Å². The molecule has 0 aliphatic carbocycles. The summed E-state index contributed by atoms with van der Waals surface area (Å²) in [6, 6.07) is 0. The number of rotatable bonds is 3. The Morgan fingerprint density at radius 2 is 2.08 bits per heavy atom. The first-order valence-corrected chi connectivity index (χ1v) is 8.74. The number of hydrogen-bond donors (Lipinski definition) is 1. The van der Waals surface area contributed by atoms with E-state index in [4.69, 9.17) is 0 Å². The second kappa shape index (κ2) is 6.39. The number of H-pyrrole nitrogens is 1. The summed E-state index contributed by atoms with van der Waals surface area (Å²) >= 11 is 0. The lowest BCUT2D eigenvalue weighted by atomic mass is 10.0. The molecule has 0 radical (unpaired) electrons. The molecule has 1 fully saturated rings. The van der Waals surface area contributed by atoms with Crippen molar-refractivity contribution >= 4 is 5.91 Å². The number of carbonyl (C=O) groups excluding carboxylic acids is 1. The van der Waals surface area contributed by atoms with Gasteiger partial charge in [0.1, 0.15) is 11.5 Å². The summed E-state index contributed by atoms with van der Waals surface area (Å²) in [5.74, 6) is 1.86. The first-order valence-electron chi connectivity index (χ1n) is 8.74. The molecule has 0 saturated carbocycles. The van der Waals surface area contributed by atoms with E-state index in [0.29, 0.717) is 5.92 Å². The molecule has 4 rings (SSSR count). The molecule has 2 aliphatic rings. The van der Waals surface area contributed by atoms with Crippen LogP contribution in [0.25, 0.3) is 0 Å². The molecule has 0 aromatic carbocycles. The van der Waals surface area contributed by atoms with Gasteiger partial charge in [-0.1, -0.05) is 6.92 Å². The highest BCUT2D eigenvalue weighted by Crippen LogP contribution is 2.22. The topological polar surface area (TPSA) is 70.1 Å². The van der Waals surface area contributed by atoms with Crippen molar-refractivity contribution in [3.8, 4) is 0 Å². The molecular formula is C17H24N6O. The Balaban J connectivity index is 1.38. The van der Waals surface area contributed by atoms with Crippen molar-refractivity contribution in [3.63, 3.8) is 0 Å². The predicted octanol–water partition coefficient (Wildman–Crippen LogP) is 1.15. The number of carbonyl (C=O) groups is 1. The quantitative estimate of drug-likeness (QED) is 0.917. The zero-order valence-electron chi connectivity index (χ0n) is 14.1. The van der Waals surface area contributed by atoms with Gasteiger partial charge in [-0.15, -0.1) is 0 Å². The Morgan fingerprint density at radius 1 is 1.25 bits per heavy atom. The second-order valence-corrected chi connectivity index (χ2v) is 6.98. The molecule has 7 nitrogen and oxygen atoms in total. The van der Waals surface area contributed by atoms with Crippen LogP contribution in [-0.4, -0.2) is 61.6 Å². The van der Waals surface area contributed by atoms with Crippen molar-refractivity contribution < 1.29 is 4.79 Å². The van der Waals surface area contributed by atoms with Gasteiger partial charge in [0.25, 0.3) is 5.91 Å². The number of piperazine rings is 1. The lowest BCUT2D eigenvalue weighted by Gasteiger charge is -2.34. The third kappa shape index (κ3) is 2.96. The molecule has 0 bridgehead atoms. The molecule has 24 heavy (non-hydrogen) atoms. The molecule has 4 heterocycles. The molecular weight excluding hydrogens is 304 g/mol. The monoisotopic (exact) mass is 328 g/mol. The fourth-order valence-corrected chi connectivity index (χ4v) is 3.65. The Hall–Kier alpha value is -2.15. The van der Waals surface area contributed by atoms with Crippen molar-refractivity contribution in [1.29, 1.82) is 0 Å². The maximum Gasteiger partial charge on any atom is 0.272 e. The van der Waals surface area contributed by atoms with Gasteiger partial charge >= 0.3 is 0 Å². The molecule has 1 saturated heterocycles. The van der Waals surface area contributed by atoms with Crippen LogP contribution < -0.4 is 0 Å². The Bertz CT molecular complexity index is 699. The molecule has 2 aliphatic heterocycles. The summed E-state index contributed by atoms with van der Waals surface area (Å²) in [6.07, 6.45) is 7.66. The van der Waals surface area contributed by atoms with Gasteiger partial charge in [-0.25, -0.2) is 4.98 Å². The number of fused-ring (bicyclic) bond motifs is 1. The van der Waals surface area contributed by atoms with Crippen LogP contribution in [0.2, 0.25) is 0 Å². The van der Waals surface area contributed by atoms with E-state index in [1.807, 2.05) is 17.3 Å². The fraction of sp³-hybridized carbons (Fsp3) is 0.588. The predicted molar refractivity (Wildman–Crippen MR) is 89.5 cm³/mol. The molecule has 2 aromatic heterocycles. The number of hydrogen-bond acceptors (Lipinski definition) is 4. The molecule has 7 heteroatoms. The zero-order chi connectivity index (χ0) is 16.5. The Labute approximate surface area is 141 Å². The van der Waals surface area contributed by atoms with Crippen LogP contribution in [0.4, 0.5) is 0 Å². The average molecular weight is 328 g/mol. The van der Waals surface area contributed by atoms with Crippen molar-refractivity contribution in [3.05, 3.63) is 35.7 Å². The van der Waals surface area contributed by atoms with Gasteiger partial charge in [0.05, 0.1) is 12.4 Å².